The van der Waals surface area contributed by atoms with Gasteiger partial charge in [0.25, 0.3) is 0 Å². The van der Waals surface area contributed by atoms with Crippen molar-refractivity contribution in [3.05, 3.63) is 35.9 Å². The van der Waals surface area contributed by atoms with Crippen molar-refractivity contribution in [2.24, 2.45) is 0 Å². The summed E-state index contributed by atoms with van der Waals surface area (Å²) in [6, 6.07) is 10.5. The Morgan fingerprint density at radius 3 is 2.90 bits per heavy atom. The van der Waals surface area contributed by atoms with Crippen LogP contribution in [-0.2, 0) is 11.4 Å². The summed E-state index contributed by atoms with van der Waals surface area (Å²) in [4.78, 5) is 6.16. The number of hydrogen-bond donors (Lipinski definition) is 1. The smallest absolute Gasteiger partial charge is 0.0928 e. The van der Waals surface area contributed by atoms with Crippen molar-refractivity contribution in [2.45, 2.75) is 56.2 Å². The van der Waals surface area contributed by atoms with Gasteiger partial charge in [0.2, 0.25) is 0 Å². The third-order valence-corrected chi connectivity index (χ3v) is 5.68. The summed E-state index contributed by atoms with van der Waals surface area (Å²) in [6.07, 6.45) is 3.50. The first kappa shape index (κ1) is 14.4. The highest BCUT2D eigenvalue weighted by atomic mass is 32.2. The van der Waals surface area contributed by atoms with Crippen molar-refractivity contribution < 1.29 is 9.94 Å². The van der Waals surface area contributed by atoms with Gasteiger partial charge in [0.15, 0.2) is 0 Å². The maximum atomic E-state index is 10.2. The molecule has 0 radical (unpaired) electrons. The molecule has 4 heteroatoms. The van der Waals surface area contributed by atoms with Crippen molar-refractivity contribution in [2.75, 3.05) is 5.75 Å². The van der Waals surface area contributed by atoms with E-state index in [-0.39, 0.29) is 18.2 Å². The van der Waals surface area contributed by atoms with Gasteiger partial charge in [-0.3, -0.25) is 4.84 Å². The van der Waals surface area contributed by atoms with Crippen LogP contribution < -0.4 is 0 Å². The molecule has 2 fully saturated rings. The Morgan fingerprint density at radius 1 is 1.35 bits per heavy atom. The lowest BCUT2D eigenvalue weighted by molar-refractivity contribution is -0.182. The predicted octanol–water partition coefficient (Wildman–Crippen LogP) is 2.84. The molecular formula is C16H23NO2S. The fraction of sp³-hybridized carbons (Fsp3) is 0.625. The first-order valence-corrected chi connectivity index (χ1v) is 8.61. The van der Waals surface area contributed by atoms with Crippen molar-refractivity contribution >= 4 is 11.8 Å². The van der Waals surface area contributed by atoms with Crippen LogP contribution in [0.5, 0.6) is 0 Å². The third-order valence-electron chi connectivity index (χ3n) is 4.18. The number of nitrogens with zero attached hydrogens (tertiary/aromatic N) is 1. The summed E-state index contributed by atoms with van der Waals surface area (Å²) in [5.41, 5.74) is 1.24. The summed E-state index contributed by atoms with van der Waals surface area (Å²) in [7, 11) is 0. The van der Waals surface area contributed by atoms with Crippen molar-refractivity contribution in [3.63, 3.8) is 0 Å². The number of hydroxylamine groups is 2. The molecule has 0 bridgehead atoms. The molecule has 2 saturated heterocycles. The molecule has 110 valence electrons. The number of rotatable bonds is 5. The molecule has 2 heterocycles. The average Bonchev–Trinajstić information content (AvgIpc) is 3.00. The average molecular weight is 293 g/mol. The minimum Gasteiger partial charge on any atom is -0.390 e. The minimum absolute atomic E-state index is 0.155. The molecule has 2 aliphatic rings. The zero-order valence-electron chi connectivity index (χ0n) is 11.9. The van der Waals surface area contributed by atoms with Crippen LogP contribution in [0.3, 0.4) is 0 Å². The molecule has 0 amide bonds. The van der Waals surface area contributed by atoms with E-state index in [0.717, 1.165) is 18.7 Å². The van der Waals surface area contributed by atoms with Crippen LogP contribution in [0.15, 0.2) is 30.3 Å². The zero-order valence-corrected chi connectivity index (χ0v) is 12.8. The molecule has 0 aromatic heterocycles. The molecule has 1 aromatic rings. The third kappa shape index (κ3) is 2.89. The maximum absolute atomic E-state index is 10.2. The van der Waals surface area contributed by atoms with Gasteiger partial charge in [-0.2, -0.15) is 16.8 Å². The summed E-state index contributed by atoms with van der Waals surface area (Å²) >= 11 is 1.88. The highest BCUT2D eigenvalue weighted by Gasteiger charge is 2.50. The van der Waals surface area contributed by atoms with Crippen molar-refractivity contribution in [3.8, 4) is 0 Å². The van der Waals surface area contributed by atoms with Crippen LogP contribution in [0.4, 0.5) is 0 Å². The maximum Gasteiger partial charge on any atom is 0.0928 e. The Hall–Kier alpha value is -0.550. The van der Waals surface area contributed by atoms with E-state index >= 15 is 0 Å². The molecular weight excluding hydrogens is 270 g/mol. The van der Waals surface area contributed by atoms with Gasteiger partial charge in [0.1, 0.15) is 0 Å². The SMILES string of the molecule is CCCC[C@H]1ON(Cc2ccccc2)[C@@H]2[C@H]1SC[C@H]2O. The number of unbranched alkanes of at least 4 members (excludes halogenated alkanes) is 1. The van der Waals surface area contributed by atoms with Gasteiger partial charge in [-0.1, -0.05) is 50.1 Å². The molecule has 4 atom stereocenters. The van der Waals surface area contributed by atoms with Crippen LogP contribution in [-0.4, -0.2) is 39.4 Å². The van der Waals surface area contributed by atoms with Crippen LogP contribution in [0.1, 0.15) is 31.7 Å². The molecule has 0 aliphatic carbocycles. The second kappa shape index (κ2) is 6.48. The Labute approximate surface area is 125 Å². The van der Waals surface area contributed by atoms with E-state index in [9.17, 15) is 5.11 Å². The Morgan fingerprint density at radius 2 is 2.15 bits per heavy atom. The van der Waals surface area contributed by atoms with Gasteiger partial charge >= 0.3 is 0 Å². The van der Waals surface area contributed by atoms with E-state index in [1.54, 1.807) is 0 Å². The number of hydrogen-bond acceptors (Lipinski definition) is 4. The van der Waals surface area contributed by atoms with Gasteiger partial charge in [-0.25, -0.2) is 0 Å². The number of fused-ring (bicyclic) bond motifs is 1. The first-order valence-electron chi connectivity index (χ1n) is 7.56. The number of aliphatic hydroxyl groups is 1. The van der Waals surface area contributed by atoms with Gasteiger partial charge in [-0.05, 0) is 12.0 Å². The summed E-state index contributed by atoms with van der Waals surface area (Å²) < 4.78 is 0. The van der Waals surface area contributed by atoms with Crippen LogP contribution in [0.25, 0.3) is 0 Å². The topological polar surface area (TPSA) is 32.7 Å². The van der Waals surface area contributed by atoms with E-state index in [4.69, 9.17) is 4.84 Å². The summed E-state index contributed by atoms with van der Waals surface area (Å²) in [5, 5.41) is 12.7. The fourth-order valence-electron chi connectivity index (χ4n) is 3.14. The molecule has 0 saturated carbocycles. The monoisotopic (exact) mass is 293 g/mol. The quantitative estimate of drug-likeness (QED) is 0.905. The van der Waals surface area contributed by atoms with Gasteiger partial charge < -0.3 is 5.11 Å². The summed E-state index contributed by atoms with van der Waals surface area (Å²) in [6.45, 7) is 2.98. The molecule has 2 aliphatic heterocycles. The number of benzene rings is 1. The second-order valence-electron chi connectivity index (χ2n) is 5.70. The molecule has 1 N–H and O–H groups in total. The summed E-state index contributed by atoms with van der Waals surface area (Å²) in [5.74, 6) is 0.840. The van der Waals surface area contributed by atoms with Crippen molar-refractivity contribution in [1.82, 2.24) is 5.06 Å². The zero-order chi connectivity index (χ0) is 13.9. The van der Waals surface area contributed by atoms with Crippen LogP contribution >= 0.6 is 11.8 Å². The van der Waals surface area contributed by atoms with E-state index in [1.165, 1.54) is 18.4 Å². The molecule has 0 unspecified atom stereocenters. The highest BCUT2D eigenvalue weighted by molar-refractivity contribution is 8.00. The van der Waals surface area contributed by atoms with Crippen LogP contribution in [0, 0.1) is 0 Å². The molecule has 1 aromatic carbocycles. The standard InChI is InChI=1S/C16H23NO2S/c1-2-3-9-14-16-15(13(18)11-20-16)17(19-14)10-12-7-5-4-6-8-12/h4-8,13-16,18H,2-3,9-11H2,1H3/t13-,14-,15+,16+/m1/s1. The molecule has 0 spiro atoms. The van der Waals surface area contributed by atoms with Crippen LogP contribution in [0.2, 0.25) is 0 Å². The lowest BCUT2D eigenvalue weighted by Crippen LogP contribution is -2.39. The molecule has 3 nitrogen and oxygen atoms in total. The number of thioether (sulfide) groups is 1. The van der Waals surface area contributed by atoms with E-state index in [0.29, 0.717) is 5.25 Å². The number of aliphatic hydroxyl groups excluding tert-OH is 1. The second-order valence-corrected chi connectivity index (χ2v) is 6.91. The van der Waals surface area contributed by atoms with E-state index in [1.807, 2.05) is 22.9 Å². The van der Waals surface area contributed by atoms with Crippen molar-refractivity contribution in [1.29, 1.82) is 0 Å². The minimum atomic E-state index is -0.264. The fourth-order valence-corrected chi connectivity index (χ4v) is 4.67. The first-order chi connectivity index (χ1) is 9.79. The lowest BCUT2D eigenvalue weighted by Gasteiger charge is -2.23. The van der Waals surface area contributed by atoms with E-state index < -0.39 is 0 Å². The lowest BCUT2D eigenvalue weighted by atomic mass is 10.0. The van der Waals surface area contributed by atoms with Gasteiger partial charge in [0.05, 0.1) is 23.5 Å². The molecule has 3 rings (SSSR count). The Balaban J connectivity index is 1.70. The van der Waals surface area contributed by atoms with Gasteiger partial charge in [0, 0.05) is 12.3 Å². The van der Waals surface area contributed by atoms with Gasteiger partial charge in [-0.15, -0.1) is 0 Å². The largest absolute Gasteiger partial charge is 0.390 e. The predicted molar refractivity (Wildman–Crippen MR) is 82.4 cm³/mol. The van der Waals surface area contributed by atoms with E-state index in [2.05, 4.69) is 31.2 Å². The Bertz CT molecular complexity index is 428. The highest BCUT2D eigenvalue weighted by Crippen LogP contribution is 2.42. The normalized spacial score (nSPS) is 33.5. The molecule has 20 heavy (non-hydrogen) atoms. The Kier molecular flexibility index (Phi) is 4.66.